The van der Waals surface area contributed by atoms with Gasteiger partial charge >= 0.3 is 0 Å². The van der Waals surface area contributed by atoms with Crippen molar-refractivity contribution >= 4 is 21.6 Å². The van der Waals surface area contributed by atoms with Crippen molar-refractivity contribution in [2.75, 3.05) is 25.5 Å². The van der Waals surface area contributed by atoms with E-state index >= 15 is 0 Å². The molecule has 30 heavy (non-hydrogen) atoms. The lowest BCUT2D eigenvalue weighted by molar-refractivity contribution is -0.115. The second-order valence-corrected chi connectivity index (χ2v) is 9.92. The standard InChI is InChI=1S/C22H27FN2O4S/c1-15-10-16(2)14-25(13-15)30(27,28)19-7-5-18(6-8-19)24-22(26)12-17-4-9-21(29-3)20(23)11-17/h4-9,11,15-16H,10,12-14H2,1-3H3,(H,24,26)/t15-,16+. The molecular weight excluding hydrogens is 407 g/mol. The van der Waals surface area contributed by atoms with E-state index in [1.165, 1.54) is 35.7 Å². The maximum Gasteiger partial charge on any atom is 0.243 e. The molecule has 0 aromatic heterocycles. The number of sulfonamides is 1. The molecule has 0 aliphatic carbocycles. The van der Waals surface area contributed by atoms with Crippen LogP contribution in [0.4, 0.5) is 10.1 Å². The van der Waals surface area contributed by atoms with Crippen molar-refractivity contribution in [3.05, 3.63) is 53.8 Å². The number of carbonyl (C=O) groups is 1. The highest BCUT2D eigenvalue weighted by molar-refractivity contribution is 7.89. The number of ether oxygens (including phenoxy) is 1. The van der Waals surface area contributed by atoms with E-state index in [0.717, 1.165) is 6.42 Å². The third-order valence-electron chi connectivity index (χ3n) is 5.19. The molecule has 1 N–H and O–H groups in total. The summed E-state index contributed by atoms with van der Waals surface area (Å²) in [4.78, 5) is 12.5. The van der Waals surface area contributed by atoms with Gasteiger partial charge in [-0.05, 0) is 60.2 Å². The van der Waals surface area contributed by atoms with Gasteiger partial charge in [0.15, 0.2) is 11.6 Å². The first-order valence-corrected chi connectivity index (χ1v) is 11.4. The van der Waals surface area contributed by atoms with Gasteiger partial charge in [0, 0.05) is 18.8 Å². The van der Waals surface area contributed by atoms with Gasteiger partial charge < -0.3 is 10.1 Å². The van der Waals surface area contributed by atoms with Gasteiger partial charge in [-0.15, -0.1) is 0 Å². The van der Waals surface area contributed by atoms with Crippen LogP contribution >= 0.6 is 0 Å². The molecular formula is C22H27FN2O4S. The fraction of sp³-hybridized carbons (Fsp3) is 0.409. The van der Waals surface area contributed by atoms with Gasteiger partial charge in [0.2, 0.25) is 15.9 Å². The first-order valence-electron chi connectivity index (χ1n) is 9.91. The molecule has 1 amide bonds. The van der Waals surface area contributed by atoms with E-state index in [0.29, 0.717) is 36.2 Å². The quantitative estimate of drug-likeness (QED) is 0.753. The van der Waals surface area contributed by atoms with Gasteiger partial charge in [-0.1, -0.05) is 19.9 Å². The molecule has 2 aromatic carbocycles. The lowest BCUT2D eigenvalue weighted by Gasteiger charge is -2.34. The Morgan fingerprint density at radius 3 is 2.33 bits per heavy atom. The van der Waals surface area contributed by atoms with Crippen LogP contribution in [-0.4, -0.2) is 38.8 Å². The number of carbonyl (C=O) groups excluding carboxylic acids is 1. The first kappa shape index (κ1) is 22.2. The highest BCUT2D eigenvalue weighted by atomic mass is 32.2. The number of nitrogens with one attached hydrogen (secondary N) is 1. The average Bonchev–Trinajstić information content (AvgIpc) is 2.68. The number of rotatable bonds is 6. The Hall–Kier alpha value is -2.45. The Morgan fingerprint density at radius 2 is 1.77 bits per heavy atom. The number of piperidine rings is 1. The number of amides is 1. The maximum atomic E-state index is 13.8. The van der Waals surface area contributed by atoms with Crippen LogP contribution in [-0.2, 0) is 21.2 Å². The van der Waals surface area contributed by atoms with E-state index in [4.69, 9.17) is 4.74 Å². The molecule has 3 rings (SSSR count). The zero-order chi connectivity index (χ0) is 21.9. The van der Waals surface area contributed by atoms with Crippen molar-refractivity contribution in [1.29, 1.82) is 0 Å². The Labute approximate surface area is 177 Å². The SMILES string of the molecule is COc1ccc(CC(=O)Nc2ccc(S(=O)(=O)N3C[C@H](C)C[C@H](C)C3)cc2)cc1F. The molecule has 2 atom stereocenters. The molecule has 162 valence electrons. The summed E-state index contributed by atoms with van der Waals surface area (Å²) < 4.78 is 46.0. The van der Waals surface area contributed by atoms with Crippen molar-refractivity contribution in [2.45, 2.75) is 31.6 Å². The Morgan fingerprint density at radius 1 is 1.13 bits per heavy atom. The van der Waals surface area contributed by atoms with E-state index in [9.17, 15) is 17.6 Å². The molecule has 0 radical (unpaired) electrons. The van der Waals surface area contributed by atoms with Crippen LogP contribution in [0.15, 0.2) is 47.4 Å². The third kappa shape index (κ3) is 5.17. The highest BCUT2D eigenvalue weighted by Crippen LogP contribution is 2.27. The van der Waals surface area contributed by atoms with Gasteiger partial charge in [0.05, 0.1) is 18.4 Å². The summed E-state index contributed by atoms with van der Waals surface area (Å²) in [6, 6.07) is 10.5. The Bertz CT molecular complexity index is 998. The number of hydrogen-bond acceptors (Lipinski definition) is 4. The summed E-state index contributed by atoms with van der Waals surface area (Å²) in [5.74, 6) is -0.0873. The molecule has 1 saturated heterocycles. The third-order valence-corrected chi connectivity index (χ3v) is 7.04. The van der Waals surface area contributed by atoms with Gasteiger partial charge in [-0.2, -0.15) is 4.31 Å². The van der Waals surface area contributed by atoms with E-state index < -0.39 is 15.8 Å². The van der Waals surface area contributed by atoms with Crippen molar-refractivity contribution < 1.29 is 22.3 Å². The normalized spacial score (nSPS) is 20.0. The smallest absolute Gasteiger partial charge is 0.243 e. The van der Waals surface area contributed by atoms with Crippen LogP contribution in [0, 0.1) is 17.7 Å². The topological polar surface area (TPSA) is 75.7 Å². The minimum Gasteiger partial charge on any atom is -0.494 e. The van der Waals surface area contributed by atoms with Crippen molar-refractivity contribution in [1.82, 2.24) is 4.31 Å². The molecule has 1 aliphatic rings. The number of anilines is 1. The second kappa shape index (κ2) is 9.14. The number of methoxy groups -OCH3 is 1. The number of nitrogens with zero attached hydrogens (tertiary/aromatic N) is 1. The summed E-state index contributed by atoms with van der Waals surface area (Å²) in [5.41, 5.74) is 0.992. The molecule has 1 fully saturated rings. The first-order chi connectivity index (χ1) is 14.2. The molecule has 0 unspecified atom stereocenters. The van der Waals surface area contributed by atoms with Crippen LogP contribution in [0.2, 0.25) is 0 Å². The van der Waals surface area contributed by atoms with E-state index in [1.807, 2.05) is 0 Å². The van der Waals surface area contributed by atoms with Crippen LogP contribution in [0.3, 0.4) is 0 Å². The van der Waals surface area contributed by atoms with Gasteiger partial charge in [-0.3, -0.25) is 4.79 Å². The van der Waals surface area contributed by atoms with Crippen LogP contribution in [0.5, 0.6) is 5.75 Å². The summed E-state index contributed by atoms with van der Waals surface area (Å²) in [5, 5.41) is 2.71. The van der Waals surface area contributed by atoms with Crippen LogP contribution in [0.25, 0.3) is 0 Å². The lowest BCUT2D eigenvalue weighted by Crippen LogP contribution is -2.42. The summed E-state index contributed by atoms with van der Waals surface area (Å²) >= 11 is 0. The lowest BCUT2D eigenvalue weighted by atomic mass is 9.94. The number of halogens is 1. The average molecular weight is 435 g/mol. The largest absolute Gasteiger partial charge is 0.494 e. The fourth-order valence-corrected chi connectivity index (χ4v) is 5.55. The van der Waals surface area contributed by atoms with Crippen molar-refractivity contribution in [3.8, 4) is 5.75 Å². The summed E-state index contributed by atoms with van der Waals surface area (Å²) in [6.45, 7) is 5.16. The Kier molecular flexibility index (Phi) is 6.77. The molecule has 0 spiro atoms. The van der Waals surface area contributed by atoms with Gasteiger partial charge in [0.1, 0.15) is 0 Å². The Balaban J connectivity index is 1.65. The molecule has 1 aliphatic heterocycles. The molecule has 1 heterocycles. The zero-order valence-electron chi connectivity index (χ0n) is 17.4. The minimum atomic E-state index is -3.57. The van der Waals surface area contributed by atoms with E-state index in [-0.39, 0.29) is 23.0 Å². The van der Waals surface area contributed by atoms with Gasteiger partial charge in [-0.25, -0.2) is 12.8 Å². The van der Waals surface area contributed by atoms with E-state index in [1.54, 1.807) is 18.2 Å². The molecule has 6 nitrogen and oxygen atoms in total. The predicted octanol–water partition coefficient (Wildman–Crippen LogP) is 3.68. The fourth-order valence-electron chi connectivity index (χ4n) is 3.87. The zero-order valence-corrected chi connectivity index (χ0v) is 18.2. The highest BCUT2D eigenvalue weighted by Gasteiger charge is 2.31. The van der Waals surface area contributed by atoms with Gasteiger partial charge in [0.25, 0.3) is 0 Å². The summed E-state index contributed by atoms with van der Waals surface area (Å²) in [7, 11) is -2.19. The molecule has 0 saturated carbocycles. The predicted molar refractivity (Wildman–Crippen MR) is 113 cm³/mol. The number of benzene rings is 2. The van der Waals surface area contributed by atoms with Crippen molar-refractivity contribution in [2.24, 2.45) is 11.8 Å². The molecule has 2 aromatic rings. The maximum absolute atomic E-state index is 13.8. The van der Waals surface area contributed by atoms with E-state index in [2.05, 4.69) is 19.2 Å². The monoisotopic (exact) mass is 434 g/mol. The number of hydrogen-bond donors (Lipinski definition) is 1. The summed E-state index contributed by atoms with van der Waals surface area (Å²) in [6.07, 6.45) is 1.01. The minimum absolute atomic E-state index is 0.00941. The van der Waals surface area contributed by atoms with Crippen LogP contribution < -0.4 is 10.1 Å². The molecule has 0 bridgehead atoms. The second-order valence-electron chi connectivity index (χ2n) is 7.99. The van der Waals surface area contributed by atoms with Crippen LogP contribution in [0.1, 0.15) is 25.8 Å². The van der Waals surface area contributed by atoms with Crippen molar-refractivity contribution in [3.63, 3.8) is 0 Å². The molecule has 8 heteroatoms.